The van der Waals surface area contributed by atoms with Crippen molar-refractivity contribution in [2.75, 3.05) is 0 Å². The maximum atomic E-state index is 12.7. The second-order valence-electron chi connectivity index (χ2n) is 9.19. The molecule has 3 heteroatoms. The molecule has 0 saturated heterocycles. The molecule has 1 fully saturated rings. The summed E-state index contributed by atoms with van der Waals surface area (Å²) in [7, 11) is 0.825. The van der Waals surface area contributed by atoms with Crippen molar-refractivity contribution >= 4 is 19.7 Å². The van der Waals surface area contributed by atoms with Gasteiger partial charge >= 0.3 is 0 Å². The average molecular weight is 304 g/mol. The molecule has 1 saturated carbocycles. The molecule has 0 bridgehead atoms. The van der Waals surface area contributed by atoms with Crippen LogP contribution in [0.3, 0.4) is 0 Å². The van der Waals surface area contributed by atoms with Gasteiger partial charge in [-0.05, 0) is 12.3 Å². The maximum Gasteiger partial charge on any atom is 0.209 e. The van der Waals surface area contributed by atoms with Gasteiger partial charge in [0.05, 0.1) is 5.68 Å². The minimum Gasteiger partial charge on any atom is -0.311 e. The summed E-state index contributed by atoms with van der Waals surface area (Å²) < 4.78 is 0. The zero-order valence-electron chi connectivity index (χ0n) is 16.1. The predicted octanol–water partition coefficient (Wildman–Crippen LogP) is 5.68. The Balaban J connectivity index is 2.52. The van der Waals surface area contributed by atoms with E-state index in [1.807, 2.05) is 0 Å². The first-order valence-electron chi connectivity index (χ1n) is 9.75. The fourth-order valence-electron chi connectivity index (χ4n) is 4.34. The number of hydrogen-bond acceptors (Lipinski definition) is 1. The van der Waals surface area contributed by atoms with E-state index in [1.165, 1.54) is 44.9 Å². The molecule has 1 nitrogen and oxygen atoms in total. The third-order valence-corrected chi connectivity index (χ3v) is 5.71. The molecule has 2 atom stereocenters. The van der Waals surface area contributed by atoms with Gasteiger partial charge in [-0.1, -0.05) is 97.9 Å². The first kappa shape index (κ1) is 19.8. The average Bonchev–Trinajstić information content (AvgIpc) is 2.49. The van der Waals surface area contributed by atoms with Gasteiger partial charge in [0, 0.05) is 5.41 Å². The third-order valence-electron chi connectivity index (χ3n) is 5.71. The van der Waals surface area contributed by atoms with Gasteiger partial charge in [-0.3, -0.25) is 0 Å². The van der Waals surface area contributed by atoms with E-state index in [4.69, 9.17) is 0 Å². The molecule has 0 heterocycles. The van der Waals surface area contributed by atoms with Gasteiger partial charge in [0.15, 0.2) is 0 Å². The van der Waals surface area contributed by atoms with Gasteiger partial charge in [-0.2, -0.15) is 0 Å². The molecule has 126 valence electrons. The quantitative estimate of drug-likeness (QED) is 0.577. The van der Waals surface area contributed by atoms with E-state index < -0.39 is 0 Å². The van der Waals surface area contributed by atoms with Crippen LogP contribution in [0.25, 0.3) is 0 Å². The Bertz CT molecular complexity index is 336. The summed E-state index contributed by atoms with van der Waals surface area (Å²) in [6, 6.07) is 0. The Hall–Kier alpha value is -0.200. The van der Waals surface area contributed by atoms with E-state index in [0.717, 1.165) is 26.2 Å². The molecular formula is C19H38B2O. The van der Waals surface area contributed by atoms with Gasteiger partial charge in [0.25, 0.3) is 0 Å². The first-order valence-corrected chi connectivity index (χ1v) is 9.75. The zero-order chi connectivity index (χ0) is 16.8. The molecule has 0 N–H and O–H groups in total. The Morgan fingerprint density at radius 2 is 1.64 bits per heavy atom. The van der Waals surface area contributed by atoms with Crippen LogP contribution in [-0.4, -0.2) is 19.7 Å². The van der Waals surface area contributed by atoms with Crippen LogP contribution in [0.1, 0.15) is 79.1 Å². The van der Waals surface area contributed by atoms with E-state index in [0.29, 0.717) is 17.4 Å². The molecule has 0 radical (unpaired) electrons. The van der Waals surface area contributed by atoms with Crippen LogP contribution in [0.15, 0.2) is 0 Å². The molecular weight excluding hydrogens is 266 g/mol. The van der Waals surface area contributed by atoms with Crippen LogP contribution >= 0.6 is 0 Å². The summed E-state index contributed by atoms with van der Waals surface area (Å²) in [5.41, 5.74) is 0.374. The van der Waals surface area contributed by atoms with Crippen molar-refractivity contribution in [3.8, 4) is 0 Å². The molecule has 1 rings (SSSR count). The highest BCUT2D eigenvalue weighted by molar-refractivity contribution is 6.75. The molecule has 1 aliphatic carbocycles. The van der Waals surface area contributed by atoms with Crippen molar-refractivity contribution in [3.05, 3.63) is 0 Å². The van der Waals surface area contributed by atoms with Crippen LogP contribution in [0, 0.1) is 11.3 Å². The molecule has 1 aliphatic rings. The first-order chi connectivity index (χ1) is 10.2. The van der Waals surface area contributed by atoms with Gasteiger partial charge in [-0.15, -0.1) is 0 Å². The lowest BCUT2D eigenvalue weighted by Crippen LogP contribution is -2.32. The smallest absolute Gasteiger partial charge is 0.209 e. The lowest BCUT2D eigenvalue weighted by atomic mass is 9.43. The maximum absolute atomic E-state index is 12.7. The monoisotopic (exact) mass is 304 g/mol. The van der Waals surface area contributed by atoms with Crippen LogP contribution in [0.2, 0.25) is 25.3 Å². The van der Waals surface area contributed by atoms with Crippen LogP contribution in [0.4, 0.5) is 0 Å². The largest absolute Gasteiger partial charge is 0.311 e. The van der Waals surface area contributed by atoms with Crippen molar-refractivity contribution in [2.24, 2.45) is 11.3 Å². The molecule has 0 aromatic rings. The summed E-state index contributed by atoms with van der Waals surface area (Å²) in [4.78, 5) is 12.7. The predicted molar refractivity (Wildman–Crippen MR) is 103 cm³/mol. The Kier molecular flexibility index (Phi) is 8.28. The highest BCUT2D eigenvalue weighted by Crippen LogP contribution is 2.34. The van der Waals surface area contributed by atoms with Crippen molar-refractivity contribution in [1.82, 2.24) is 0 Å². The van der Waals surface area contributed by atoms with E-state index in [9.17, 15) is 4.79 Å². The Morgan fingerprint density at radius 3 is 2.23 bits per heavy atom. The standard InChI is InChI=1S/C19H38B2O/c1-15(2)14-19(3,4)18(22)20-16-10-7-8-12-17(21(5)6)13-9-11-16/h15-17,20H,7-14H2,1-6H3. The zero-order valence-corrected chi connectivity index (χ0v) is 16.1. The second-order valence-corrected chi connectivity index (χ2v) is 9.19. The van der Waals surface area contributed by atoms with Gasteiger partial charge in [0.1, 0.15) is 6.71 Å². The lowest BCUT2D eigenvalue weighted by molar-refractivity contribution is -0.120. The summed E-state index contributed by atoms with van der Waals surface area (Å²) in [5, 5.41) is 0. The van der Waals surface area contributed by atoms with Gasteiger partial charge in [-0.25, -0.2) is 0 Å². The lowest BCUT2D eigenvalue weighted by Gasteiger charge is -2.27. The SMILES string of the molecule is CB(C)C1CCCCC(BC(=O)C(C)(C)CC(C)C)CCC1. The van der Waals surface area contributed by atoms with Gasteiger partial charge in [0.2, 0.25) is 7.28 Å². The second kappa shape index (κ2) is 9.18. The van der Waals surface area contributed by atoms with E-state index >= 15 is 0 Å². The van der Waals surface area contributed by atoms with Crippen molar-refractivity contribution in [3.63, 3.8) is 0 Å². The summed E-state index contributed by atoms with van der Waals surface area (Å²) in [5.74, 6) is 2.16. The van der Waals surface area contributed by atoms with Crippen LogP contribution in [-0.2, 0) is 4.79 Å². The summed E-state index contributed by atoms with van der Waals surface area (Å²) >= 11 is 0. The molecule has 0 aliphatic heterocycles. The third kappa shape index (κ3) is 6.92. The molecule has 0 aromatic carbocycles. The van der Waals surface area contributed by atoms with E-state index in [1.54, 1.807) is 0 Å². The fourth-order valence-corrected chi connectivity index (χ4v) is 4.34. The number of carbonyl (C=O) groups excluding carboxylic acids is 1. The van der Waals surface area contributed by atoms with Crippen LogP contribution < -0.4 is 0 Å². The fraction of sp³-hybridized carbons (Fsp3) is 0.947. The molecule has 0 aromatic heterocycles. The Labute approximate surface area is 140 Å². The van der Waals surface area contributed by atoms with Crippen molar-refractivity contribution in [2.45, 2.75) is 104 Å². The number of rotatable bonds is 6. The highest BCUT2D eigenvalue weighted by Gasteiger charge is 2.31. The number of carbonyl (C=O) groups is 1. The minimum atomic E-state index is -0.132. The summed E-state index contributed by atoms with van der Waals surface area (Å²) in [6.45, 7) is 14.3. The number of hydrogen-bond donors (Lipinski definition) is 0. The van der Waals surface area contributed by atoms with E-state index in [-0.39, 0.29) is 5.41 Å². The van der Waals surface area contributed by atoms with Crippen molar-refractivity contribution < 1.29 is 4.79 Å². The minimum absolute atomic E-state index is 0.132. The van der Waals surface area contributed by atoms with Gasteiger partial charge < -0.3 is 4.79 Å². The normalized spacial score (nSPS) is 24.3. The highest BCUT2D eigenvalue weighted by atomic mass is 16.1. The molecule has 0 amide bonds. The molecule has 0 spiro atoms. The Morgan fingerprint density at radius 1 is 1.09 bits per heavy atom. The summed E-state index contributed by atoms with van der Waals surface area (Å²) in [6.07, 6.45) is 10.4. The van der Waals surface area contributed by atoms with Crippen molar-refractivity contribution in [1.29, 1.82) is 0 Å². The van der Waals surface area contributed by atoms with Crippen LogP contribution in [0.5, 0.6) is 0 Å². The molecule has 2 unspecified atom stereocenters. The van der Waals surface area contributed by atoms with E-state index in [2.05, 4.69) is 41.3 Å². The molecule has 22 heavy (non-hydrogen) atoms. The topological polar surface area (TPSA) is 17.1 Å².